The molecule has 0 aromatic heterocycles. The summed E-state index contributed by atoms with van der Waals surface area (Å²) in [6, 6.07) is 8.22. The second kappa shape index (κ2) is 5.80. The predicted molar refractivity (Wildman–Crippen MR) is 93.4 cm³/mol. The molecular weight excluding hydrogens is 286 g/mol. The zero-order valence-corrected chi connectivity index (χ0v) is 14.1. The second-order valence-electron chi connectivity index (χ2n) is 6.95. The van der Waals surface area contributed by atoms with E-state index in [9.17, 15) is 9.59 Å². The Morgan fingerprint density at radius 1 is 1.04 bits per heavy atom. The fourth-order valence-electron chi connectivity index (χ4n) is 3.51. The molecule has 1 fully saturated rings. The molecule has 0 N–H and O–H groups in total. The molecule has 1 atom stereocenters. The lowest BCUT2D eigenvalue weighted by Gasteiger charge is -2.38. The lowest BCUT2D eigenvalue weighted by molar-refractivity contribution is -0.125. The van der Waals surface area contributed by atoms with Crippen LogP contribution in [0.25, 0.3) is 6.08 Å². The van der Waals surface area contributed by atoms with Crippen LogP contribution in [0.5, 0.6) is 0 Å². The number of hydrogen-bond acceptors (Lipinski definition) is 3. The van der Waals surface area contributed by atoms with Crippen molar-refractivity contribution < 1.29 is 9.59 Å². The summed E-state index contributed by atoms with van der Waals surface area (Å²) in [6.45, 7) is 2.00. The number of anilines is 1. The van der Waals surface area contributed by atoms with Crippen LogP contribution < -0.4 is 4.90 Å². The molecule has 2 aliphatic carbocycles. The van der Waals surface area contributed by atoms with Crippen molar-refractivity contribution in [2.24, 2.45) is 5.41 Å². The van der Waals surface area contributed by atoms with Gasteiger partial charge in [-0.2, -0.15) is 0 Å². The van der Waals surface area contributed by atoms with Gasteiger partial charge in [0.1, 0.15) is 0 Å². The Labute approximate surface area is 137 Å². The van der Waals surface area contributed by atoms with Crippen LogP contribution in [0.4, 0.5) is 5.69 Å². The summed E-state index contributed by atoms with van der Waals surface area (Å²) >= 11 is 0. The number of carbonyl (C=O) groups is 2. The van der Waals surface area contributed by atoms with Gasteiger partial charge in [-0.1, -0.05) is 17.7 Å². The van der Waals surface area contributed by atoms with E-state index in [2.05, 4.69) is 17.0 Å². The molecule has 0 aliphatic heterocycles. The summed E-state index contributed by atoms with van der Waals surface area (Å²) in [6.07, 6.45) is 6.40. The van der Waals surface area contributed by atoms with Gasteiger partial charge in [-0.05, 0) is 61.6 Å². The number of hydrogen-bond donors (Lipinski definition) is 0. The first kappa shape index (κ1) is 15.7. The highest BCUT2D eigenvalue weighted by atomic mass is 16.1. The third kappa shape index (κ3) is 2.88. The minimum Gasteiger partial charge on any atom is -0.378 e. The van der Waals surface area contributed by atoms with Crippen molar-refractivity contribution in [3.8, 4) is 0 Å². The molecule has 3 heteroatoms. The minimum atomic E-state index is -0.471. The molecule has 0 amide bonds. The number of Topliss-reactive ketones (excluding diaryl/α,β-unsaturated/α-hetero) is 1. The number of nitrogens with zero attached hydrogens (tertiary/aromatic N) is 1. The number of benzene rings is 1. The monoisotopic (exact) mass is 309 g/mol. The van der Waals surface area contributed by atoms with Gasteiger partial charge in [0.05, 0.1) is 5.41 Å². The quantitative estimate of drug-likeness (QED) is 0.780. The van der Waals surface area contributed by atoms with E-state index >= 15 is 0 Å². The number of fused-ring (bicyclic) bond motifs is 1. The van der Waals surface area contributed by atoms with Crippen LogP contribution in [0.2, 0.25) is 0 Å². The SMILES string of the molecule is CN(C)c1ccc(C=C2CCC3=CC(=O)CCC3(C)C2=O)cc1. The molecule has 3 rings (SSSR count). The summed E-state index contributed by atoms with van der Waals surface area (Å²) in [5, 5.41) is 0. The average molecular weight is 309 g/mol. The molecule has 1 saturated carbocycles. The Bertz CT molecular complexity index is 710. The van der Waals surface area contributed by atoms with E-state index in [-0.39, 0.29) is 11.6 Å². The summed E-state index contributed by atoms with van der Waals surface area (Å²) in [5.74, 6) is 0.358. The number of ketones is 2. The number of allylic oxidation sites excluding steroid dienone is 3. The molecule has 1 unspecified atom stereocenters. The van der Waals surface area contributed by atoms with Crippen LogP contribution in [-0.2, 0) is 9.59 Å². The third-order valence-corrected chi connectivity index (χ3v) is 5.12. The Kier molecular flexibility index (Phi) is 3.97. The van der Waals surface area contributed by atoms with Gasteiger partial charge >= 0.3 is 0 Å². The van der Waals surface area contributed by atoms with Gasteiger partial charge in [-0.15, -0.1) is 0 Å². The molecule has 0 heterocycles. The topological polar surface area (TPSA) is 37.4 Å². The van der Waals surface area contributed by atoms with Crippen molar-refractivity contribution in [3.05, 3.63) is 47.1 Å². The van der Waals surface area contributed by atoms with Crippen molar-refractivity contribution in [2.45, 2.75) is 32.6 Å². The molecule has 1 aromatic rings. The van der Waals surface area contributed by atoms with Gasteiger partial charge in [0.25, 0.3) is 0 Å². The van der Waals surface area contributed by atoms with Crippen molar-refractivity contribution in [2.75, 3.05) is 19.0 Å². The largest absolute Gasteiger partial charge is 0.378 e. The zero-order chi connectivity index (χ0) is 16.6. The van der Waals surface area contributed by atoms with E-state index in [0.29, 0.717) is 12.8 Å². The van der Waals surface area contributed by atoms with Gasteiger partial charge in [-0.25, -0.2) is 0 Å². The van der Waals surface area contributed by atoms with Crippen molar-refractivity contribution in [3.63, 3.8) is 0 Å². The first-order valence-electron chi connectivity index (χ1n) is 8.17. The van der Waals surface area contributed by atoms with Gasteiger partial charge in [0.2, 0.25) is 0 Å². The average Bonchev–Trinajstić information content (AvgIpc) is 2.53. The molecule has 23 heavy (non-hydrogen) atoms. The van der Waals surface area contributed by atoms with E-state index < -0.39 is 5.41 Å². The molecule has 1 aromatic carbocycles. The van der Waals surface area contributed by atoms with Crippen LogP contribution in [0.15, 0.2) is 41.5 Å². The molecule has 0 radical (unpaired) electrons. The number of carbonyl (C=O) groups excluding carboxylic acids is 2. The van der Waals surface area contributed by atoms with E-state index in [0.717, 1.165) is 35.2 Å². The lowest BCUT2D eigenvalue weighted by atomic mass is 9.63. The summed E-state index contributed by atoms with van der Waals surface area (Å²) < 4.78 is 0. The maximum absolute atomic E-state index is 12.9. The van der Waals surface area contributed by atoms with Gasteiger partial charge in [0, 0.05) is 26.2 Å². The van der Waals surface area contributed by atoms with Gasteiger partial charge in [-0.3, -0.25) is 9.59 Å². The Morgan fingerprint density at radius 3 is 2.39 bits per heavy atom. The van der Waals surface area contributed by atoms with E-state index in [4.69, 9.17) is 0 Å². The fraction of sp³-hybridized carbons (Fsp3) is 0.400. The molecule has 2 aliphatic rings. The predicted octanol–water partition coefficient (Wildman–Crippen LogP) is 3.79. The van der Waals surface area contributed by atoms with Crippen LogP contribution >= 0.6 is 0 Å². The Morgan fingerprint density at radius 2 is 1.74 bits per heavy atom. The molecule has 0 saturated heterocycles. The van der Waals surface area contributed by atoms with Crippen LogP contribution in [0.3, 0.4) is 0 Å². The fourth-order valence-corrected chi connectivity index (χ4v) is 3.51. The highest BCUT2D eigenvalue weighted by Gasteiger charge is 2.43. The molecular formula is C20H23NO2. The summed E-state index contributed by atoms with van der Waals surface area (Å²) in [4.78, 5) is 26.6. The minimum absolute atomic E-state index is 0.164. The molecule has 0 spiro atoms. The van der Waals surface area contributed by atoms with Crippen molar-refractivity contribution >= 4 is 23.3 Å². The standard InChI is InChI=1S/C20H23NO2/c1-20-11-10-18(22)13-16(20)7-6-15(19(20)23)12-14-4-8-17(9-5-14)21(2)3/h4-5,8-9,12-13H,6-7,10-11H2,1-3H3. The smallest absolute Gasteiger partial charge is 0.168 e. The zero-order valence-electron chi connectivity index (χ0n) is 14.1. The van der Waals surface area contributed by atoms with Crippen LogP contribution in [0, 0.1) is 5.41 Å². The summed E-state index contributed by atoms with van der Waals surface area (Å²) in [5.41, 5.74) is 3.64. The maximum Gasteiger partial charge on any atom is 0.168 e. The van der Waals surface area contributed by atoms with Crippen molar-refractivity contribution in [1.82, 2.24) is 0 Å². The number of rotatable bonds is 2. The first-order chi connectivity index (χ1) is 10.9. The third-order valence-electron chi connectivity index (χ3n) is 5.12. The van der Waals surface area contributed by atoms with Gasteiger partial charge < -0.3 is 4.90 Å². The lowest BCUT2D eigenvalue weighted by Crippen LogP contribution is -2.38. The highest BCUT2D eigenvalue weighted by molar-refractivity contribution is 6.08. The van der Waals surface area contributed by atoms with E-state index in [1.54, 1.807) is 6.08 Å². The van der Waals surface area contributed by atoms with Gasteiger partial charge in [0.15, 0.2) is 11.6 Å². The Balaban J connectivity index is 1.88. The molecule has 3 nitrogen and oxygen atoms in total. The second-order valence-corrected chi connectivity index (χ2v) is 6.95. The van der Waals surface area contributed by atoms with Crippen LogP contribution in [-0.4, -0.2) is 25.7 Å². The maximum atomic E-state index is 12.9. The molecule has 0 bridgehead atoms. The summed E-state index contributed by atoms with van der Waals surface area (Å²) in [7, 11) is 4.02. The molecule has 120 valence electrons. The van der Waals surface area contributed by atoms with E-state index in [1.165, 1.54) is 0 Å². The van der Waals surface area contributed by atoms with Crippen LogP contribution in [0.1, 0.15) is 38.2 Å². The van der Waals surface area contributed by atoms with E-state index in [1.807, 2.05) is 39.2 Å². The normalized spacial score (nSPS) is 26.0. The van der Waals surface area contributed by atoms with Crippen molar-refractivity contribution in [1.29, 1.82) is 0 Å². The Hall–Kier alpha value is -2.16. The highest BCUT2D eigenvalue weighted by Crippen LogP contribution is 2.46. The first-order valence-corrected chi connectivity index (χ1v) is 8.17.